The molecule has 0 aromatic heterocycles. The Hall–Kier alpha value is 0.627. The first-order chi connectivity index (χ1) is 8.02. The van der Waals surface area contributed by atoms with E-state index in [0.717, 1.165) is 22.4 Å². The van der Waals surface area contributed by atoms with E-state index in [9.17, 15) is 0 Å². The summed E-state index contributed by atoms with van der Waals surface area (Å²) in [5.41, 5.74) is 5.42. The predicted molar refractivity (Wildman–Crippen MR) is 80.5 cm³/mol. The van der Waals surface area contributed by atoms with Crippen LogP contribution < -0.4 is 24.8 Å². The first-order valence-electron chi connectivity index (χ1n) is 6.26. The summed E-state index contributed by atoms with van der Waals surface area (Å²) in [5, 5.41) is 0. The van der Waals surface area contributed by atoms with Gasteiger partial charge in [-0.15, -0.1) is 26.7 Å². The Morgan fingerprint density at radius 1 is 0.800 bits per heavy atom. The first-order valence-corrected chi connectivity index (χ1v) is 8.57. The van der Waals surface area contributed by atoms with E-state index in [2.05, 4.69) is 65.1 Å². The van der Waals surface area contributed by atoms with Crippen molar-refractivity contribution < 1.29 is 50.7 Å². The monoisotopic (exact) mass is 495 g/mol. The molecule has 0 amide bonds. The molecule has 0 nitrogen and oxygen atoms in total. The molecule has 0 aliphatic heterocycles. The van der Waals surface area contributed by atoms with Crippen LogP contribution in [0.25, 0.3) is 0 Å². The van der Waals surface area contributed by atoms with E-state index < -0.39 is 0 Å². The quantitative estimate of drug-likeness (QED) is 0.290. The van der Waals surface area contributed by atoms with Gasteiger partial charge in [-0.1, -0.05) is 26.9 Å². The molecule has 0 saturated carbocycles. The fourth-order valence-electron chi connectivity index (χ4n) is 1.30. The minimum Gasteiger partial charge on any atom is -1.00 e. The van der Waals surface area contributed by atoms with Crippen molar-refractivity contribution in [1.82, 2.24) is 0 Å². The molecule has 0 aromatic rings. The molecule has 4 heteroatoms. The van der Waals surface area contributed by atoms with Crippen molar-refractivity contribution >= 4 is 9.52 Å². The van der Waals surface area contributed by atoms with Gasteiger partial charge >= 0.3 is 25.8 Å². The molecule has 2 aliphatic carbocycles. The Balaban J connectivity index is -0.0000000956. The van der Waals surface area contributed by atoms with Crippen LogP contribution in [0.2, 0.25) is 13.1 Å². The van der Waals surface area contributed by atoms with Crippen molar-refractivity contribution in [2.75, 3.05) is 0 Å². The van der Waals surface area contributed by atoms with Gasteiger partial charge in [-0.2, -0.15) is 12.2 Å². The van der Waals surface area contributed by atoms with E-state index >= 15 is 0 Å². The number of halogens is 2. The Morgan fingerprint density at radius 2 is 1.05 bits per heavy atom. The zero-order valence-electron chi connectivity index (χ0n) is 13.4. The zero-order chi connectivity index (χ0) is 13.3. The Morgan fingerprint density at radius 3 is 1.10 bits per heavy atom. The van der Waals surface area contributed by atoms with Crippen molar-refractivity contribution in [2.45, 2.75) is 53.6 Å². The summed E-state index contributed by atoms with van der Waals surface area (Å²) in [6, 6.07) is 0. The van der Waals surface area contributed by atoms with Crippen LogP contribution in [0.5, 0.6) is 0 Å². The molecule has 0 bridgehead atoms. The van der Waals surface area contributed by atoms with Gasteiger partial charge < -0.3 is 24.8 Å². The summed E-state index contributed by atoms with van der Waals surface area (Å²) in [5.74, 6) is 0. The number of hydrogen-bond donors (Lipinski definition) is 0. The van der Waals surface area contributed by atoms with E-state index in [1.165, 1.54) is 22.3 Å². The third-order valence-electron chi connectivity index (χ3n) is 2.73. The summed E-state index contributed by atoms with van der Waals surface area (Å²) in [7, 11) is 0.750. The first kappa shape index (κ1) is 28.7. The second-order valence-corrected chi connectivity index (χ2v) is 5.52. The third-order valence-corrected chi connectivity index (χ3v) is 2.73. The Labute approximate surface area is 159 Å². The van der Waals surface area contributed by atoms with Crippen molar-refractivity contribution in [2.24, 2.45) is 0 Å². The fraction of sp³-hybridized carbons (Fsp3) is 0.500. The van der Waals surface area contributed by atoms with Gasteiger partial charge in [0.25, 0.3) is 0 Å². The van der Waals surface area contributed by atoms with Gasteiger partial charge in [-0.25, -0.2) is 22.3 Å². The van der Waals surface area contributed by atoms with Crippen molar-refractivity contribution in [3.63, 3.8) is 0 Å². The molecule has 0 unspecified atom stereocenters. The molecule has 2 aliphatic rings. The van der Waals surface area contributed by atoms with Gasteiger partial charge in [0, 0.05) is 9.52 Å². The molecule has 111 valence electrons. The maximum absolute atomic E-state index is 3.19. The number of allylic oxidation sites excluding steroid dienone is 8. The molecule has 20 heavy (non-hydrogen) atoms. The minimum atomic E-state index is 0. The van der Waals surface area contributed by atoms with Crippen LogP contribution in [-0.4, -0.2) is 9.52 Å². The topological polar surface area (TPSA) is 0 Å². The summed E-state index contributed by atoms with van der Waals surface area (Å²) in [6.07, 6.45) is 12.8. The van der Waals surface area contributed by atoms with Gasteiger partial charge in [0.1, 0.15) is 0 Å². The molecule has 0 fully saturated rings. The predicted octanol–water partition coefficient (Wildman–Crippen LogP) is -1.30. The molecule has 0 N–H and O–H groups in total. The standard InChI is InChI=1S/2C7H9.C2H7Si.2ClH.Hf/c2*1-6-4-3-5-7(6)2;1-3-2;;;/h2*4H,3H2,1-2H3;3H,1-2H3;2*1H;/q2*-1;;;;+4/p-2. The minimum absolute atomic E-state index is 0. The summed E-state index contributed by atoms with van der Waals surface area (Å²) in [4.78, 5) is 0. The van der Waals surface area contributed by atoms with Gasteiger partial charge in [0.15, 0.2) is 0 Å². The zero-order valence-corrected chi connectivity index (χ0v) is 19.7. The maximum atomic E-state index is 3.19. The van der Waals surface area contributed by atoms with Crippen LogP contribution in [0.1, 0.15) is 40.5 Å². The van der Waals surface area contributed by atoms with Crippen molar-refractivity contribution in [1.29, 1.82) is 0 Å². The van der Waals surface area contributed by atoms with E-state index in [1.54, 1.807) is 0 Å². The largest absolute Gasteiger partial charge is 4.00 e. The summed E-state index contributed by atoms with van der Waals surface area (Å²) >= 11 is 0. The molecular weight excluding hydrogens is 470 g/mol. The normalized spacial score (nSPS) is 14.3. The van der Waals surface area contributed by atoms with Crippen LogP contribution >= 0.6 is 0 Å². The molecule has 0 spiro atoms. The summed E-state index contributed by atoms with van der Waals surface area (Å²) in [6.45, 7) is 12.8. The van der Waals surface area contributed by atoms with Crippen molar-refractivity contribution in [3.8, 4) is 0 Å². The van der Waals surface area contributed by atoms with Crippen LogP contribution in [0, 0.1) is 12.2 Å². The molecule has 0 atom stereocenters. The van der Waals surface area contributed by atoms with Gasteiger partial charge in [-0.05, 0) is 0 Å². The SMILES string of the molecule is CC1=[C-]CC=C1C.CC1=[C-]CC=C1C.C[SiH]C.[Cl-].[Cl-].[Hf+4]. The average molecular weight is 495 g/mol. The second-order valence-electron chi connectivity index (χ2n) is 4.36. The Bertz CT molecular complexity index is 289. The van der Waals surface area contributed by atoms with Gasteiger partial charge in [-0.3, -0.25) is 12.2 Å². The van der Waals surface area contributed by atoms with Gasteiger partial charge in [0.05, 0.1) is 0 Å². The van der Waals surface area contributed by atoms with Crippen LogP contribution in [-0.2, 0) is 25.8 Å². The van der Waals surface area contributed by atoms with Crippen LogP contribution in [0.3, 0.4) is 0 Å². The Kier molecular flexibility index (Phi) is 25.4. The molecule has 0 aromatic carbocycles. The summed E-state index contributed by atoms with van der Waals surface area (Å²) < 4.78 is 0. The number of hydrogen-bond acceptors (Lipinski definition) is 0. The molecular formula is C16H25Cl2HfSi. The third kappa shape index (κ3) is 13.6. The molecule has 0 saturated heterocycles. The molecule has 0 heterocycles. The fourth-order valence-corrected chi connectivity index (χ4v) is 1.30. The van der Waals surface area contributed by atoms with E-state index in [0.29, 0.717) is 0 Å². The molecule has 2 rings (SSSR count). The number of rotatable bonds is 0. The second kappa shape index (κ2) is 17.7. The van der Waals surface area contributed by atoms with E-state index in [1.807, 2.05) is 0 Å². The van der Waals surface area contributed by atoms with Crippen molar-refractivity contribution in [3.05, 3.63) is 46.6 Å². The average Bonchev–Trinajstić information content (AvgIpc) is 2.81. The molecule has 1 radical (unpaired) electrons. The van der Waals surface area contributed by atoms with E-state index in [-0.39, 0.29) is 50.7 Å². The maximum Gasteiger partial charge on any atom is 4.00 e. The van der Waals surface area contributed by atoms with Crippen LogP contribution in [0.15, 0.2) is 34.4 Å². The van der Waals surface area contributed by atoms with E-state index in [4.69, 9.17) is 0 Å². The van der Waals surface area contributed by atoms with Crippen LogP contribution in [0.4, 0.5) is 0 Å². The smallest absolute Gasteiger partial charge is 1.00 e. The van der Waals surface area contributed by atoms with Gasteiger partial charge in [0.2, 0.25) is 0 Å².